The summed E-state index contributed by atoms with van der Waals surface area (Å²) in [4.78, 5) is 11.7. The molecule has 1 saturated heterocycles. The highest BCUT2D eigenvalue weighted by Crippen LogP contribution is 2.18. The van der Waals surface area contributed by atoms with E-state index < -0.39 is 0 Å². The van der Waals surface area contributed by atoms with Crippen LogP contribution in [-0.2, 0) is 6.54 Å². The molecule has 5 nitrogen and oxygen atoms in total. The van der Waals surface area contributed by atoms with Gasteiger partial charge in [0.1, 0.15) is 5.82 Å². The third kappa shape index (κ3) is 8.10. The van der Waals surface area contributed by atoms with E-state index in [4.69, 9.17) is 4.99 Å². The van der Waals surface area contributed by atoms with Gasteiger partial charge in [-0.25, -0.2) is 9.98 Å². The summed E-state index contributed by atoms with van der Waals surface area (Å²) >= 11 is 0. The van der Waals surface area contributed by atoms with Crippen LogP contribution in [0.2, 0.25) is 0 Å². The van der Waals surface area contributed by atoms with Gasteiger partial charge in [0, 0.05) is 31.9 Å². The summed E-state index contributed by atoms with van der Waals surface area (Å²) < 4.78 is 0. The maximum Gasteiger partial charge on any atom is 0.191 e. The molecule has 148 valence electrons. The summed E-state index contributed by atoms with van der Waals surface area (Å²) in [6.07, 6.45) is 6.84. The van der Waals surface area contributed by atoms with Crippen molar-refractivity contribution in [3.63, 3.8) is 0 Å². The van der Waals surface area contributed by atoms with Crippen LogP contribution in [0, 0.1) is 5.92 Å². The van der Waals surface area contributed by atoms with Crippen molar-refractivity contribution < 1.29 is 0 Å². The topological polar surface area (TPSA) is 52.6 Å². The van der Waals surface area contributed by atoms with Crippen molar-refractivity contribution in [2.45, 2.75) is 66.0 Å². The van der Waals surface area contributed by atoms with Crippen molar-refractivity contribution >= 4 is 35.8 Å². The van der Waals surface area contributed by atoms with Gasteiger partial charge in [0.2, 0.25) is 0 Å². The molecule has 2 rings (SSSR count). The van der Waals surface area contributed by atoms with E-state index in [9.17, 15) is 0 Å². The molecule has 0 bridgehead atoms. The molecule has 1 fully saturated rings. The van der Waals surface area contributed by atoms with Crippen LogP contribution in [0.15, 0.2) is 23.3 Å². The highest BCUT2D eigenvalue weighted by atomic mass is 127. The molecule has 0 radical (unpaired) electrons. The zero-order valence-electron chi connectivity index (χ0n) is 16.8. The molecule has 0 aliphatic carbocycles. The summed E-state index contributed by atoms with van der Waals surface area (Å²) in [5.74, 6) is 2.73. The third-order valence-electron chi connectivity index (χ3n) is 4.56. The van der Waals surface area contributed by atoms with Crippen LogP contribution in [0.3, 0.4) is 0 Å². The number of rotatable bonds is 8. The van der Waals surface area contributed by atoms with Gasteiger partial charge in [-0.05, 0) is 63.1 Å². The lowest BCUT2D eigenvalue weighted by Gasteiger charge is -2.19. The minimum Gasteiger partial charge on any atom is -0.357 e. The van der Waals surface area contributed by atoms with Crippen molar-refractivity contribution in [3.8, 4) is 0 Å². The Balaban J connectivity index is 0.00000338. The molecule has 0 spiro atoms. The van der Waals surface area contributed by atoms with Crippen LogP contribution in [0.25, 0.3) is 0 Å². The lowest BCUT2D eigenvalue weighted by atomic mass is 10.0. The van der Waals surface area contributed by atoms with Crippen molar-refractivity contribution in [2.75, 3.05) is 24.5 Å². The first-order valence-corrected chi connectivity index (χ1v) is 9.83. The zero-order valence-corrected chi connectivity index (χ0v) is 19.1. The highest BCUT2D eigenvalue weighted by molar-refractivity contribution is 14.0. The predicted octanol–water partition coefficient (Wildman–Crippen LogP) is 4.18. The summed E-state index contributed by atoms with van der Waals surface area (Å²) in [7, 11) is 0. The molecule has 1 unspecified atom stereocenters. The molecule has 1 aliphatic rings. The minimum absolute atomic E-state index is 0. The maximum absolute atomic E-state index is 4.77. The smallest absolute Gasteiger partial charge is 0.191 e. The van der Waals surface area contributed by atoms with Crippen molar-refractivity contribution in [1.82, 2.24) is 15.6 Å². The number of pyridine rings is 1. The Morgan fingerprint density at radius 3 is 2.62 bits per heavy atom. The number of nitrogens with zero attached hydrogens (tertiary/aromatic N) is 3. The van der Waals surface area contributed by atoms with E-state index in [1.54, 1.807) is 0 Å². The quantitative estimate of drug-likeness (QED) is 0.338. The molecule has 0 saturated carbocycles. The second-order valence-corrected chi connectivity index (χ2v) is 7.43. The summed E-state index contributed by atoms with van der Waals surface area (Å²) in [5, 5.41) is 6.88. The number of nitrogens with one attached hydrogen (secondary N) is 2. The molecule has 26 heavy (non-hydrogen) atoms. The van der Waals surface area contributed by atoms with Gasteiger partial charge in [-0.2, -0.15) is 0 Å². The maximum atomic E-state index is 4.77. The van der Waals surface area contributed by atoms with Crippen LogP contribution in [-0.4, -0.2) is 36.6 Å². The van der Waals surface area contributed by atoms with Crippen LogP contribution in [0.1, 0.15) is 58.9 Å². The van der Waals surface area contributed by atoms with E-state index in [-0.39, 0.29) is 24.0 Å². The second kappa shape index (κ2) is 12.4. The van der Waals surface area contributed by atoms with E-state index >= 15 is 0 Å². The fourth-order valence-corrected chi connectivity index (χ4v) is 3.06. The van der Waals surface area contributed by atoms with Crippen molar-refractivity contribution in [3.05, 3.63) is 23.9 Å². The SMILES string of the molecule is CCNC(=NCc1ccnc(N2CCCC2)c1)NC(C)CCC(C)C.I. The lowest BCUT2D eigenvalue weighted by molar-refractivity contribution is 0.489. The van der Waals surface area contributed by atoms with Gasteiger partial charge in [-0.3, -0.25) is 0 Å². The molecule has 0 aromatic carbocycles. The molecule has 2 heterocycles. The minimum atomic E-state index is 0. The van der Waals surface area contributed by atoms with Gasteiger partial charge in [-0.1, -0.05) is 13.8 Å². The van der Waals surface area contributed by atoms with Crippen LogP contribution < -0.4 is 15.5 Å². The first kappa shape index (κ1) is 23.0. The molecule has 0 amide bonds. The number of aromatic nitrogens is 1. The summed E-state index contributed by atoms with van der Waals surface area (Å²) in [6, 6.07) is 4.67. The van der Waals surface area contributed by atoms with Gasteiger partial charge in [0.05, 0.1) is 6.54 Å². The van der Waals surface area contributed by atoms with Crippen LogP contribution >= 0.6 is 24.0 Å². The molecule has 1 atom stereocenters. The van der Waals surface area contributed by atoms with Crippen LogP contribution in [0.4, 0.5) is 5.82 Å². The largest absolute Gasteiger partial charge is 0.357 e. The average molecular weight is 473 g/mol. The van der Waals surface area contributed by atoms with Gasteiger partial charge < -0.3 is 15.5 Å². The molecular weight excluding hydrogens is 437 g/mol. The highest BCUT2D eigenvalue weighted by Gasteiger charge is 2.13. The van der Waals surface area contributed by atoms with E-state index in [0.29, 0.717) is 12.6 Å². The van der Waals surface area contributed by atoms with Gasteiger partial charge >= 0.3 is 0 Å². The number of aliphatic imine (C=N–C) groups is 1. The Labute approximate surface area is 176 Å². The predicted molar refractivity (Wildman–Crippen MR) is 123 cm³/mol. The Morgan fingerprint density at radius 2 is 1.96 bits per heavy atom. The molecule has 1 aromatic heterocycles. The number of halogens is 1. The standard InChI is InChI=1S/C20H35N5.HI/c1-5-21-20(24-17(4)9-8-16(2)3)23-15-18-10-11-22-19(14-18)25-12-6-7-13-25;/h10-11,14,16-17H,5-9,12-13,15H2,1-4H3,(H2,21,23,24);1H. The zero-order chi connectivity index (χ0) is 18.1. The van der Waals surface area contributed by atoms with E-state index in [1.807, 2.05) is 6.20 Å². The average Bonchev–Trinajstić information content (AvgIpc) is 3.13. The van der Waals surface area contributed by atoms with Crippen molar-refractivity contribution in [2.24, 2.45) is 10.9 Å². The van der Waals surface area contributed by atoms with Gasteiger partial charge in [-0.15, -0.1) is 24.0 Å². The first-order valence-electron chi connectivity index (χ1n) is 9.83. The van der Waals surface area contributed by atoms with Crippen LogP contribution in [0.5, 0.6) is 0 Å². The van der Waals surface area contributed by atoms with E-state index in [2.05, 4.69) is 60.3 Å². The molecular formula is C20H36IN5. The fourth-order valence-electron chi connectivity index (χ4n) is 3.06. The second-order valence-electron chi connectivity index (χ2n) is 7.43. The number of hydrogen-bond acceptors (Lipinski definition) is 3. The first-order chi connectivity index (χ1) is 12.1. The Hall–Kier alpha value is -1.05. The monoisotopic (exact) mass is 473 g/mol. The third-order valence-corrected chi connectivity index (χ3v) is 4.56. The van der Waals surface area contributed by atoms with Crippen molar-refractivity contribution in [1.29, 1.82) is 0 Å². The molecule has 1 aliphatic heterocycles. The fraction of sp³-hybridized carbons (Fsp3) is 0.700. The summed E-state index contributed by atoms with van der Waals surface area (Å²) in [5.41, 5.74) is 1.21. The molecule has 6 heteroatoms. The normalized spacial score (nSPS) is 15.7. The Bertz CT molecular complexity index is 541. The number of guanidine groups is 1. The number of anilines is 1. The van der Waals surface area contributed by atoms with E-state index in [1.165, 1.54) is 24.8 Å². The molecule has 1 aromatic rings. The molecule has 2 N–H and O–H groups in total. The van der Waals surface area contributed by atoms with Gasteiger partial charge in [0.15, 0.2) is 5.96 Å². The van der Waals surface area contributed by atoms with Gasteiger partial charge in [0.25, 0.3) is 0 Å². The summed E-state index contributed by atoms with van der Waals surface area (Å²) in [6.45, 7) is 12.7. The Kier molecular flexibility index (Phi) is 10.9. The van der Waals surface area contributed by atoms with E-state index in [0.717, 1.165) is 43.8 Å². The lowest BCUT2D eigenvalue weighted by Crippen LogP contribution is -2.42. The number of hydrogen-bond donors (Lipinski definition) is 2. The Morgan fingerprint density at radius 1 is 1.23 bits per heavy atom.